The molecule has 1 aliphatic rings. The van der Waals surface area contributed by atoms with Gasteiger partial charge in [0.1, 0.15) is 5.75 Å². The highest BCUT2D eigenvalue weighted by molar-refractivity contribution is 6.21. The van der Waals surface area contributed by atoms with Gasteiger partial charge in [-0.2, -0.15) is 0 Å². The molecule has 0 bridgehead atoms. The molecule has 0 fully saturated rings. The summed E-state index contributed by atoms with van der Waals surface area (Å²) in [6, 6.07) is 14.7. The second-order valence-corrected chi connectivity index (χ2v) is 5.14. The van der Waals surface area contributed by atoms with Crippen LogP contribution in [0.25, 0.3) is 0 Å². The number of rotatable bonds is 5. The average Bonchev–Trinajstić information content (AvgIpc) is 2.78. The number of benzene rings is 2. The smallest absolute Gasteiger partial charge is 0.261 e. The first kappa shape index (κ1) is 14.3. The Kier molecular flexibility index (Phi) is 3.92. The number of nitrogens with zero attached hydrogens (tertiary/aromatic N) is 1. The van der Waals surface area contributed by atoms with Crippen LogP contribution in [0.5, 0.6) is 5.75 Å². The van der Waals surface area contributed by atoms with Crippen LogP contribution in [0.1, 0.15) is 33.2 Å². The van der Waals surface area contributed by atoms with E-state index in [1.165, 1.54) is 4.90 Å². The topological polar surface area (TPSA) is 46.6 Å². The molecule has 0 saturated heterocycles. The number of fused-ring (bicyclic) bond motifs is 1. The van der Waals surface area contributed by atoms with Crippen LogP contribution in [0.3, 0.4) is 0 Å². The summed E-state index contributed by atoms with van der Waals surface area (Å²) in [5, 5.41) is 0. The van der Waals surface area contributed by atoms with Gasteiger partial charge in [-0.25, -0.2) is 0 Å². The Morgan fingerprint density at radius 1 is 0.955 bits per heavy atom. The summed E-state index contributed by atoms with van der Waals surface area (Å²) in [6.07, 6.45) is 0.617. The van der Waals surface area contributed by atoms with E-state index in [0.29, 0.717) is 30.7 Å². The molecule has 0 atom stereocenters. The molecule has 2 amide bonds. The van der Waals surface area contributed by atoms with Crippen molar-refractivity contribution in [1.29, 1.82) is 0 Å². The first-order valence-electron chi connectivity index (χ1n) is 7.37. The number of carbonyl (C=O) groups excluding carboxylic acids is 2. The van der Waals surface area contributed by atoms with Crippen molar-refractivity contribution in [1.82, 2.24) is 4.90 Å². The predicted octanol–water partition coefficient (Wildman–Crippen LogP) is 2.92. The Balaban J connectivity index is 1.72. The van der Waals surface area contributed by atoms with E-state index in [4.69, 9.17) is 4.74 Å². The van der Waals surface area contributed by atoms with Crippen molar-refractivity contribution >= 4 is 11.8 Å². The van der Waals surface area contributed by atoms with Gasteiger partial charge in [-0.3, -0.25) is 14.5 Å². The molecular weight excluding hydrogens is 278 g/mol. The fourth-order valence-corrected chi connectivity index (χ4v) is 2.64. The van der Waals surface area contributed by atoms with Gasteiger partial charge in [-0.15, -0.1) is 0 Å². The van der Waals surface area contributed by atoms with Crippen LogP contribution < -0.4 is 4.74 Å². The first-order chi connectivity index (χ1) is 10.7. The van der Waals surface area contributed by atoms with Crippen molar-refractivity contribution in [2.75, 3.05) is 13.2 Å². The normalized spacial score (nSPS) is 13.4. The molecule has 3 rings (SSSR count). The summed E-state index contributed by atoms with van der Waals surface area (Å²) in [5.41, 5.74) is 2.04. The molecule has 0 N–H and O–H groups in total. The Morgan fingerprint density at radius 3 is 2.27 bits per heavy atom. The van der Waals surface area contributed by atoms with Crippen LogP contribution in [0.2, 0.25) is 0 Å². The number of carbonyl (C=O) groups is 2. The Hall–Kier alpha value is -2.62. The van der Waals surface area contributed by atoms with Gasteiger partial charge >= 0.3 is 0 Å². The molecule has 0 unspecified atom stereocenters. The number of amides is 2. The van der Waals surface area contributed by atoms with Crippen LogP contribution in [0.15, 0.2) is 48.5 Å². The third-order valence-corrected chi connectivity index (χ3v) is 3.71. The van der Waals surface area contributed by atoms with Crippen LogP contribution in [0.4, 0.5) is 0 Å². The third kappa shape index (κ3) is 2.60. The highest BCUT2D eigenvalue weighted by atomic mass is 16.5. The SMILES string of the molecule is CCOc1cccc(CCN2C(=O)c3ccccc3C2=O)c1. The summed E-state index contributed by atoms with van der Waals surface area (Å²) < 4.78 is 5.46. The van der Waals surface area contributed by atoms with Gasteiger partial charge in [-0.1, -0.05) is 24.3 Å². The van der Waals surface area contributed by atoms with E-state index in [1.807, 2.05) is 31.2 Å². The highest BCUT2D eigenvalue weighted by Gasteiger charge is 2.34. The van der Waals surface area contributed by atoms with E-state index in [-0.39, 0.29) is 11.8 Å². The molecule has 0 aliphatic carbocycles. The number of hydrogen-bond acceptors (Lipinski definition) is 3. The van der Waals surface area contributed by atoms with E-state index in [2.05, 4.69) is 0 Å². The highest BCUT2D eigenvalue weighted by Crippen LogP contribution is 2.23. The van der Waals surface area contributed by atoms with Crippen molar-refractivity contribution in [2.24, 2.45) is 0 Å². The van der Waals surface area contributed by atoms with Crippen LogP contribution in [-0.2, 0) is 6.42 Å². The van der Waals surface area contributed by atoms with Crippen LogP contribution in [-0.4, -0.2) is 29.9 Å². The summed E-state index contributed by atoms with van der Waals surface area (Å²) in [6.45, 7) is 2.93. The monoisotopic (exact) mass is 295 g/mol. The van der Waals surface area contributed by atoms with Crippen molar-refractivity contribution in [3.05, 3.63) is 65.2 Å². The van der Waals surface area contributed by atoms with E-state index in [9.17, 15) is 9.59 Å². The molecule has 0 spiro atoms. The third-order valence-electron chi connectivity index (χ3n) is 3.71. The number of ether oxygens (including phenoxy) is 1. The zero-order valence-corrected chi connectivity index (χ0v) is 12.4. The lowest BCUT2D eigenvalue weighted by atomic mass is 10.1. The van der Waals surface area contributed by atoms with Crippen molar-refractivity contribution in [3.63, 3.8) is 0 Å². The molecule has 0 radical (unpaired) electrons. The van der Waals surface area contributed by atoms with Crippen molar-refractivity contribution in [2.45, 2.75) is 13.3 Å². The maximum atomic E-state index is 12.3. The zero-order chi connectivity index (χ0) is 15.5. The lowest BCUT2D eigenvalue weighted by Crippen LogP contribution is -2.31. The Morgan fingerprint density at radius 2 is 1.64 bits per heavy atom. The quantitative estimate of drug-likeness (QED) is 0.797. The van der Waals surface area contributed by atoms with Crippen molar-refractivity contribution in [3.8, 4) is 5.75 Å². The number of imide groups is 1. The molecule has 2 aromatic carbocycles. The van der Waals surface area contributed by atoms with Gasteiger partial charge in [0, 0.05) is 6.54 Å². The van der Waals surface area contributed by atoms with E-state index >= 15 is 0 Å². The lowest BCUT2D eigenvalue weighted by molar-refractivity contribution is 0.0656. The predicted molar refractivity (Wildman–Crippen MR) is 83.1 cm³/mol. The number of hydrogen-bond donors (Lipinski definition) is 0. The maximum Gasteiger partial charge on any atom is 0.261 e. The minimum absolute atomic E-state index is 0.207. The van der Waals surface area contributed by atoms with Gasteiger partial charge in [0.15, 0.2) is 0 Å². The van der Waals surface area contributed by atoms with E-state index < -0.39 is 0 Å². The summed E-state index contributed by atoms with van der Waals surface area (Å²) in [5.74, 6) is 0.394. The molecule has 0 saturated carbocycles. The van der Waals surface area contributed by atoms with Crippen LogP contribution in [0, 0.1) is 0 Å². The molecule has 4 heteroatoms. The van der Waals surface area contributed by atoms with Gasteiger partial charge in [-0.05, 0) is 43.2 Å². The Bertz CT molecular complexity index is 689. The van der Waals surface area contributed by atoms with E-state index in [0.717, 1.165) is 11.3 Å². The average molecular weight is 295 g/mol. The molecule has 1 aliphatic heterocycles. The fourth-order valence-electron chi connectivity index (χ4n) is 2.64. The minimum atomic E-state index is -0.207. The standard InChI is InChI=1S/C18H17NO3/c1-2-22-14-7-5-6-13(12-14)10-11-19-17(20)15-8-3-4-9-16(15)18(19)21/h3-9,12H,2,10-11H2,1H3. The molecule has 1 heterocycles. The largest absolute Gasteiger partial charge is 0.494 e. The van der Waals surface area contributed by atoms with Gasteiger partial charge in [0.05, 0.1) is 17.7 Å². The van der Waals surface area contributed by atoms with Gasteiger partial charge in [0.25, 0.3) is 11.8 Å². The second-order valence-electron chi connectivity index (χ2n) is 5.14. The summed E-state index contributed by atoms with van der Waals surface area (Å²) in [7, 11) is 0. The lowest BCUT2D eigenvalue weighted by Gasteiger charge is -2.14. The van der Waals surface area contributed by atoms with Gasteiger partial charge in [0.2, 0.25) is 0 Å². The molecule has 22 heavy (non-hydrogen) atoms. The Labute approximate surface area is 129 Å². The van der Waals surface area contributed by atoms with Crippen molar-refractivity contribution < 1.29 is 14.3 Å². The molecule has 112 valence electrons. The van der Waals surface area contributed by atoms with Crippen LogP contribution >= 0.6 is 0 Å². The molecule has 0 aromatic heterocycles. The fraction of sp³-hybridized carbons (Fsp3) is 0.222. The summed E-state index contributed by atoms with van der Waals surface area (Å²) in [4.78, 5) is 25.9. The molecule has 4 nitrogen and oxygen atoms in total. The maximum absolute atomic E-state index is 12.3. The first-order valence-corrected chi connectivity index (χ1v) is 7.37. The minimum Gasteiger partial charge on any atom is -0.494 e. The van der Waals surface area contributed by atoms with Gasteiger partial charge < -0.3 is 4.74 Å². The summed E-state index contributed by atoms with van der Waals surface area (Å²) >= 11 is 0. The zero-order valence-electron chi connectivity index (χ0n) is 12.4. The van der Waals surface area contributed by atoms with E-state index in [1.54, 1.807) is 24.3 Å². The molecule has 2 aromatic rings. The molecular formula is C18H17NO3. The second kappa shape index (κ2) is 6.02.